The van der Waals surface area contributed by atoms with Gasteiger partial charge in [-0.05, 0) is 65.3 Å². The van der Waals surface area contributed by atoms with Crippen LogP contribution in [0, 0.1) is 34.0 Å². The van der Waals surface area contributed by atoms with Gasteiger partial charge in [0.1, 0.15) is 30.5 Å². The molecule has 2 aliphatic heterocycles. The summed E-state index contributed by atoms with van der Waals surface area (Å²) in [7, 11) is 0. The van der Waals surface area contributed by atoms with Crippen molar-refractivity contribution in [1.82, 2.24) is 0 Å². The monoisotopic (exact) mass is 780 g/mol. The van der Waals surface area contributed by atoms with Crippen LogP contribution in [-0.2, 0) is 28.5 Å². The van der Waals surface area contributed by atoms with E-state index < -0.39 is 77.1 Å². The van der Waals surface area contributed by atoms with Crippen LogP contribution in [-0.4, -0.2) is 60.1 Å². The van der Waals surface area contributed by atoms with Crippen LogP contribution in [0.3, 0.4) is 0 Å². The third-order valence-electron chi connectivity index (χ3n) is 10.2. The zero-order chi connectivity index (χ0) is 34.5. The maximum absolute atomic E-state index is 14.9. The number of esters is 2. The van der Waals surface area contributed by atoms with Gasteiger partial charge >= 0.3 is 11.9 Å². The highest BCUT2D eigenvalue weighted by atomic mass is 79.9. The summed E-state index contributed by atoms with van der Waals surface area (Å²) in [6.07, 6.45) is 1.16. The smallest absolute Gasteiger partial charge is 0.338 e. The topological polar surface area (TPSA) is 112 Å². The van der Waals surface area contributed by atoms with Crippen LogP contribution in [0.5, 0.6) is 0 Å². The first-order chi connectivity index (χ1) is 22.5. The van der Waals surface area contributed by atoms with Crippen molar-refractivity contribution < 1.29 is 38.1 Å². The lowest BCUT2D eigenvalue weighted by atomic mass is 9.45. The van der Waals surface area contributed by atoms with Crippen molar-refractivity contribution in [3.05, 3.63) is 92.4 Å². The van der Waals surface area contributed by atoms with Gasteiger partial charge in [-0.3, -0.25) is 9.59 Å². The molecule has 0 amide bonds. The van der Waals surface area contributed by atoms with Gasteiger partial charge in [0.05, 0.1) is 16.5 Å². The SMILES string of the molecule is CC(C)(C)/C=C/[C@]12C(=O)[C@H]3O[C@H]3[C@H](OC(=O)c3ccc(Br)cc3)[C@H]1[C@H]1C(=C[C@@H]2C(C)(C)C)C(=O)[C@H]2O[C@H]2[C@@H]1OC(=O)c1ccc(Br)cc1. The summed E-state index contributed by atoms with van der Waals surface area (Å²) in [6.45, 7) is 12.3. The van der Waals surface area contributed by atoms with Gasteiger partial charge in [0.15, 0.2) is 17.7 Å². The molecule has 4 fully saturated rings. The molecular formula is C38H38Br2O8. The highest BCUT2D eigenvalue weighted by Gasteiger charge is 2.76. The fourth-order valence-electron chi connectivity index (χ4n) is 8.02. The summed E-state index contributed by atoms with van der Waals surface area (Å²) >= 11 is 6.82. The summed E-state index contributed by atoms with van der Waals surface area (Å²) in [6, 6.07) is 13.7. The summed E-state index contributed by atoms with van der Waals surface area (Å²) in [5.41, 5.74) is -0.955. The molecule has 252 valence electrons. The number of ketones is 2. The summed E-state index contributed by atoms with van der Waals surface area (Å²) in [4.78, 5) is 56.5. The molecule has 2 aromatic carbocycles. The molecule has 2 aromatic rings. The molecule has 48 heavy (non-hydrogen) atoms. The molecule has 0 spiro atoms. The fourth-order valence-corrected chi connectivity index (χ4v) is 8.55. The van der Waals surface area contributed by atoms with E-state index in [-0.39, 0.29) is 17.0 Å². The first-order valence-electron chi connectivity index (χ1n) is 16.3. The Morgan fingerprint density at radius 1 is 0.771 bits per heavy atom. The van der Waals surface area contributed by atoms with E-state index in [2.05, 4.69) is 52.6 Å². The van der Waals surface area contributed by atoms with Crippen LogP contribution in [0.4, 0.5) is 0 Å². The molecule has 0 unspecified atom stereocenters. The summed E-state index contributed by atoms with van der Waals surface area (Å²) in [5, 5.41) is 0. The Balaban J connectivity index is 1.41. The summed E-state index contributed by atoms with van der Waals surface area (Å²) < 4.78 is 26.3. The molecule has 2 heterocycles. The molecule has 2 saturated heterocycles. The molecule has 5 aliphatic rings. The molecule has 0 bridgehead atoms. The minimum Gasteiger partial charge on any atom is -0.456 e. The Kier molecular flexibility index (Phi) is 8.09. The number of hydrogen-bond donors (Lipinski definition) is 0. The van der Waals surface area contributed by atoms with Gasteiger partial charge in [0.2, 0.25) is 0 Å². The number of carbonyl (C=O) groups is 4. The molecule has 8 nitrogen and oxygen atoms in total. The van der Waals surface area contributed by atoms with Crippen molar-refractivity contribution in [2.24, 2.45) is 34.0 Å². The average molecular weight is 783 g/mol. The van der Waals surface area contributed by atoms with Crippen LogP contribution < -0.4 is 0 Å². The largest absolute Gasteiger partial charge is 0.456 e. The minimum absolute atomic E-state index is 0.117. The van der Waals surface area contributed by atoms with Crippen LogP contribution in [0.25, 0.3) is 0 Å². The lowest BCUT2D eigenvalue weighted by molar-refractivity contribution is -0.152. The maximum atomic E-state index is 14.9. The van der Waals surface area contributed by atoms with Crippen molar-refractivity contribution in [3.63, 3.8) is 0 Å². The third-order valence-corrected chi connectivity index (χ3v) is 11.3. The second kappa shape index (κ2) is 11.6. The van der Waals surface area contributed by atoms with Gasteiger partial charge < -0.3 is 18.9 Å². The van der Waals surface area contributed by atoms with E-state index in [0.29, 0.717) is 16.7 Å². The predicted molar refractivity (Wildman–Crippen MR) is 183 cm³/mol. The molecule has 3 aliphatic carbocycles. The van der Waals surface area contributed by atoms with E-state index in [1.54, 1.807) is 48.5 Å². The molecule has 0 N–H and O–H groups in total. The number of halogens is 2. The van der Waals surface area contributed by atoms with Gasteiger partial charge in [-0.1, -0.05) is 91.6 Å². The van der Waals surface area contributed by atoms with E-state index in [0.717, 1.165) is 8.95 Å². The van der Waals surface area contributed by atoms with Gasteiger partial charge in [0, 0.05) is 26.4 Å². The number of epoxide rings is 2. The first kappa shape index (κ1) is 33.6. The van der Waals surface area contributed by atoms with Crippen molar-refractivity contribution in [1.29, 1.82) is 0 Å². The normalized spacial score (nSPS) is 35.1. The quantitative estimate of drug-likeness (QED) is 0.180. The number of carbonyl (C=O) groups excluding carboxylic acids is 4. The van der Waals surface area contributed by atoms with Crippen molar-refractivity contribution in [3.8, 4) is 0 Å². The van der Waals surface area contributed by atoms with Crippen LogP contribution in [0.15, 0.2) is 81.3 Å². The Hall–Kier alpha value is -2.92. The molecule has 0 radical (unpaired) electrons. The van der Waals surface area contributed by atoms with Crippen LogP contribution in [0.2, 0.25) is 0 Å². The number of rotatable bonds is 5. The Morgan fingerprint density at radius 3 is 1.79 bits per heavy atom. The minimum atomic E-state index is -1.26. The number of allylic oxidation sites excluding steroid dienone is 3. The van der Waals surface area contributed by atoms with E-state index in [9.17, 15) is 19.2 Å². The Morgan fingerprint density at radius 2 is 1.27 bits per heavy atom. The second-order valence-corrected chi connectivity index (χ2v) is 17.5. The number of fused-ring (bicyclic) bond motifs is 5. The number of Topliss-reactive ketones (excluding diaryl/α,β-unsaturated/α-hetero) is 2. The van der Waals surface area contributed by atoms with Crippen LogP contribution >= 0.6 is 31.9 Å². The molecule has 2 saturated carbocycles. The van der Waals surface area contributed by atoms with Gasteiger partial charge in [-0.25, -0.2) is 9.59 Å². The standard InChI is InChI=1S/C38H38Br2O8/c1-36(2,3)15-16-38-23(37(4,5)6)17-22-24(27(30-29(45-30)26(22)41)47-34(43)18-7-11-20(39)12-8-18)25(38)28(31-32(46-31)33(38)42)48-35(44)19-9-13-21(40)14-10-19/h7-17,23-25,27-32H,1-6H3/b16-15+/t23-,24-,25-,27-,28-,29-,30+,31+,32+,38-/m1/s1. The van der Waals surface area contributed by atoms with E-state index >= 15 is 0 Å². The average Bonchev–Trinajstić information content (AvgIpc) is 3.94. The van der Waals surface area contributed by atoms with Crippen LogP contribution in [0.1, 0.15) is 62.3 Å². The Bertz CT molecular complexity index is 1750. The van der Waals surface area contributed by atoms with Gasteiger partial charge in [0.25, 0.3) is 0 Å². The van der Waals surface area contributed by atoms with Crippen molar-refractivity contribution in [2.75, 3.05) is 0 Å². The lowest BCUT2D eigenvalue weighted by Crippen LogP contribution is -2.66. The second-order valence-electron chi connectivity index (χ2n) is 15.7. The van der Waals surface area contributed by atoms with E-state index in [1.165, 1.54) is 0 Å². The predicted octanol–water partition coefficient (Wildman–Crippen LogP) is 7.09. The Labute approximate surface area is 296 Å². The number of ether oxygens (including phenoxy) is 4. The zero-order valence-corrected chi connectivity index (χ0v) is 30.7. The lowest BCUT2D eigenvalue weighted by Gasteiger charge is -2.57. The van der Waals surface area contributed by atoms with Gasteiger partial charge in [-0.2, -0.15) is 0 Å². The molecule has 0 aromatic heterocycles. The first-order valence-corrected chi connectivity index (χ1v) is 17.8. The van der Waals surface area contributed by atoms with Crippen molar-refractivity contribution in [2.45, 2.75) is 78.2 Å². The number of hydrogen-bond acceptors (Lipinski definition) is 8. The highest BCUT2D eigenvalue weighted by molar-refractivity contribution is 9.10. The molecular weight excluding hydrogens is 744 g/mol. The fraction of sp³-hybridized carbons (Fsp3) is 0.474. The molecule has 10 heteroatoms. The molecule has 7 rings (SSSR count). The number of benzene rings is 2. The third kappa shape index (κ3) is 5.66. The van der Waals surface area contributed by atoms with Gasteiger partial charge in [-0.15, -0.1) is 0 Å². The zero-order valence-electron chi connectivity index (χ0n) is 27.6. The summed E-state index contributed by atoms with van der Waals surface area (Å²) in [5.74, 6) is -3.53. The van der Waals surface area contributed by atoms with Crippen molar-refractivity contribution >= 4 is 55.4 Å². The molecule has 10 atom stereocenters. The highest BCUT2D eigenvalue weighted by Crippen LogP contribution is 2.65. The van der Waals surface area contributed by atoms with E-state index in [4.69, 9.17) is 18.9 Å². The maximum Gasteiger partial charge on any atom is 0.338 e. The van der Waals surface area contributed by atoms with E-state index in [1.807, 2.05) is 39.0 Å².